The molecule has 0 bridgehead atoms. The molecule has 5 heteroatoms. The van der Waals surface area contributed by atoms with Crippen LogP contribution in [-0.4, -0.2) is 28.0 Å². The number of rotatable bonds is 6. The summed E-state index contributed by atoms with van der Waals surface area (Å²) in [4.78, 5) is 19.5. The van der Waals surface area contributed by atoms with E-state index < -0.39 is 8.07 Å². The molecule has 1 aliphatic heterocycles. The van der Waals surface area contributed by atoms with E-state index in [2.05, 4.69) is 132 Å². The maximum Gasteiger partial charge on any atom is 0.180 e. The van der Waals surface area contributed by atoms with Gasteiger partial charge in [0.25, 0.3) is 0 Å². The van der Waals surface area contributed by atoms with Crippen molar-refractivity contribution in [2.45, 2.75) is 0 Å². The van der Waals surface area contributed by atoms with Crippen LogP contribution in [0.3, 0.4) is 0 Å². The first-order chi connectivity index (χ1) is 24.3. The zero-order valence-corrected chi connectivity index (χ0v) is 27.6. The van der Waals surface area contributed by atoms with Gasteiger partial charge in [0.05, 0.1) is 0 Å². The molecular weight excluding hydrogens is 613 g/mol. The van der Waals surface area contributed by atoms with Crippen LogP contribution in [0.5, 0.6) is 0 Å². The molecule has 0 saturated carbocycles. The van der Waals surface area contributed by atoms with Crippen molar-refractivity contribution in [1.29, 1.82) is 0 Å². The van der Waals surface area contributed by atoms with Crippen LogP contribution in [-0.2, 0) is 0 Å². The van der Waals surface area contributed by atoms with Crippen molar-refractivity contribution in [2.24, 2.45) is 0 Å². The zero-order valence-electron chi connectivity index (χ0n) is 26.6. The minimum absolute atomic E-state index is 0.593. The van der Waals surface area contributed by atoms with E-state index >= 15 is 0 Å². The van der Waals surface area contributed by atoms with Gasteiger partial charge in [0, 0.05) is 29.1 Å². The van der Waals surface area contributed by atoms with Gasteiger partial charge in [0.1, 0.15) is 0 Å². The van der Waals surface area contributed by atoms with Gasteiger partial charge in [-0.1, -0.05) is 158 Å². The number of fused-ring (bicyclic) bond motifs is 3. The van der Waals surface area contributed by atoms with E-state index in [0.717, 1.165) is 22.3 Å². The maximum atomic E-state index is 5.11. The Balaban J connectivity index is 1.32. The minimum atomic E-state index is -2.64. The summed E-state index contributed by atoms with van der Waals surface area (Å²) in [6.07, 6.45) is 3.57. The average Bonchev–Trinajstić information content (AvgIpc) is 3.50. The summed E-state index contributed by atoms with van der Waals surface area (Å²) < 4.78 is 0. The van der Waals surface area contributed by atoms with Crippen LogP contribution < -0.4 is 20.7 Å². The molecule has 230 valence electrons. The number of hydrogen-bond donors (Lipinski definition) is 0. The number of benzene rings is 6. The van der Waals surface area contributed by atoms with E-state index in [1.165, 1.54) is 37.4 Å². The van der Waals surface area contributed by atoms with Gasteiger partial charge in [-0.05, 0) is 55.1 Å². The standard InChI is InChI=1S/C44H30N4Si/c1-4-16-31(17-5-1)42-46-43(32-18-15-29-45-30-32)48-44(47-42)37-24-11-10-23-35(37)36-26-14-28-40-41(36)38-25-12-13-27-39(38)49(40,33-19-6-2-7-20-33)34-21-8-3-9-22-34/h1-30H. The molecule has 0 N–H and O–H groups in total. The second-order valence-corrected chi connectivity index (χ2v) is 15.9. The van der Waals surface area contributed by atoms with Gasteiger partial charge >= 0.3 is 0 Å². The van der Waals surface area contributed by atoms with E-state index in [1.807, 2.05) is 42.5 Å². The van der Waals surface area contributed by atoms with Gasteiger partial charge in [-0.15, -0.1) is 0 Å². The number of pyridine rings is 1. The van der Waals surface area contributed by atoms with Gasteiger partial charge in [0.15, 0.2) is 25.5 Å². The molecular formula is C44H30N4Si. The number of hydrogen-bond acceptors (Lipinski definition) is 4. The van der Waals surface area contributed by atoms with E-state index in [4.69, 9.17) is 15.0 Å². The summed E-state index contributed by atoms with van der Waals surface area (Å²) in [5.74, 6) is 1.85. The average molecular weight is 643 g/mol. The Labute approximate surface area is 286 Å². The molecule has 0 radical (unpaired) electrons. The molecule has 0 fully saturated rings. The van der Waals surface area contributed by atoms with Crippen LogP contribution >= 0.6 is 0 Å². The fraction of sp³-hybridized carbons (Fsp3) is 0. The first kappa shape index (κ1) is 28.9. The lowest BCUT2D eigenvalue weighted by Gasteiger charge is -2.31. The molecule has 0 spiro atoms. The predicted octanol–water partition coefficient (Wildman–Crippen LogP) is 7.29. The van der Waals surface area contributed by atoms with Gasteiger partial charge < -0.3 is 0 Å². The molecule has 3 heterocycles. The van der Waals surface area contributed by atoms with Crippen molar-refractivity contribution >= 4 is 28.8 Å². The van der Waals surface area contributed by atoms with Gasteiger partial charge in [0.2, 0.25) is 0 Å². The van der Waals surface area contributed by atoms with Gasteiger partial charge in [-0.2, -0.15) is 0 Å². The fourth-order valence-corrected chi connectivity index (χ4v) is 12.7. The molecule has 0 amide bonds. The minimum Gasteiger partial charge on any atom is -0.264 e. The summed E-state index contributed by atoms with van der Waals surface area (Å²) in [7, 11) is -2.64. The summed E-state index contributed by atoms with van der Waals surface area (Å²) in [6, 6.07) is 60.6. The Morgan fingerprint density at radius 1 is 0.347 bits per heavy atom. The SMILES string of the molecule is c1ccc(-c2nc(-c3cccnc3)nc(-c3ccccc3-c3cccc4c3-c3ccccc3[Si]4(c3ccccc3)c3ccccc3)n2)cc1. The highest BCUT2D eigenvalue weighted by Gasteiger charge is 2.49. The van der Waals surface area contributed by atoms with Gasteiger partial charge in [-0.3, -0.25) is 4.98 Å². The van der Waals surface area contributed by atoms with Crippen molar-refractivity contribution in [3.63, 3.8) is 0 Å². The lowest BCUT2D eigenvalue weighted by atomic mass is 9.91. The van der Waals surface area contributed by atoms with Crippen LogP contribution in [0.2, 0.25) is 0 Å². The number of aromatic nitrogens is 4. The first-order valence-corrected chi connectivity index (χ1v) is 18.5. The molecule has 0 saturated heterocycles. The van der Waals surface area contributed by atoms with Gasteiger partial charge in [-0.25, -0.2) is 15.0 Å². The molecule has 1 aliphatic rings. The van der Waals surface area contributed by atoms with E-state index in [9.17, 15) is 0 Å². The normalized spacial score (nSPS) is 12.7. The van der Waals surface area contributed by atoms with Crippen molar-refractivity contribution in [3.8, 4) is 56.4 Å². The molecule has 8 aromatic rings. The van der Waals surface area contributed by atoms with Crippen LogP contribution in [0.4, 0.5) is 0 Å². The molecule has 0 atom stereocenters. The van der Waals surface area contributed by atoms with Crippen molar-refractivity contribution < 1.29 is 0 Å². The second kappa shape index (κ2) is 12.1. The Hall–Kier alpha value is -6.30. The van der Waals surface area contributed by atoms with E-state index in [0.29, 0.717) is 17.5 Å². The van der Waals surface area contributed by atoms with Crippen molar-refractivity contribution in [1.82, 2.24) is 19.9 Å². The number of nitrogens with zero attached hydrogens (tertiary/aromatic N) is 4. The molecule has 49 heavy (non-hydrogen) atoms. The largest absolute Gasteiger partial charge is 0.264 e. The molecule has 0 aliphatic carbocycles. The lowest BCUT2D eigenvalue weighted by molar-refractivity contribution is 1.07. The van der Waals surface area contributed by atoms with Crippen LogP contribution in [0, 0.1) is 0 Å². The van der Waals surface area contributed by atoms with Crippen LogP contribution in [0.25, 0.3) is 56.4 Å². The summed E-state index contributed by atoms with van der Waals surface area (Å²) in [5, 5.41) is 5.57. The second-order valence-electron chi connectivity index (χ2n) is 12.2. The highest BCUT2D eigenvalue weighted by molar-refractivity contribution is 7.22. The third-order valence-corrected chi connectivity index (χ3v) is 14.4. The Morgan fingerprint density at radius 3 is 1.53 bits per heavy atom. The quantitative estimate of drug-likeness (QED) is 0.179. The Bertz CT molecular complexity index is 2340. The zero-order chi connectivity index (χ0) is 32.6. The highest BCUT2D eigenvalue weighted by atomic mass is 28.3. The Kier molecular flexibility index (Phi) is 7.10. The molecule has 9 rings (SSSR count). The third kappa shape index (κ3) is 4.74. The summed E-state index contributed by atoms with van der Waals surface area (Å²) >= 11 is 0. The molecule has 2 aromatic heterocycles. The van der Waals surface area contributed by atoms with Crippen molar-refractivity contribution in [2.75, 3.05) is 0 Å². The van der Waals surface area contributed by atoms with E-state index in [1.54, 1.807) is 12.4 Å². The Morgan fingerprint density at radius 2 is 0.857 bits per heavy atom. The fourth-order valence-electron chi connectivity index (χ4n) is 7.47. The van der Waals surface area contributed by atoms with Crippen LogP contribution in [0.15, 0.2) is 182 Å². The van der Waals surface area contributed by atoms with Crippen molar-refractivity contribution in [3.05, 3.63) is 182 Å². The summed E-state index contributed by atoms with van der Waals surface area (Å²) in [6.45, 7) is 0. The first-order valence-electron chi connectivity index (χ1n) is 16.5. The smallest absolute Gasteiger partial charge is 0.180 e. The van der Waals surface area contributed by atoms with Crippen LogP contribution in [0.1, 0.15) is 0 Å². The monoisotopic (exact) mass is 642 g/mol. The highest BCUT2D eigenvalue weighted by Crippen LogP contribution is 2.40. The molecule has 0 unspecified atom stereocenters. The predicted molar refractivity (Wildman–Crippen MR) is 202 cm³/mol. The van der Waals surface area contributed by atoms with E-state index in [-0.39, 0.29) is 0 Å². The molecule has 6 aromatic carbocycles. The third-order valence-electron chi connectivity index (χ3n) is 9.53. The lowest BCUT2D eigenvalue weighted by Crippen LogP contribution is -2.72. The topological polar surface area (TPSA) is 51.6 Å². The maximum absolute atomic E-state index is 5.11. The molecule has 4 nitrogen and oxygen atoms in total. The summed E-state index contributed by atoms with van der Waals surface area (Å²) in [5.41, 5.74) is 7.57.